The molecule has 6 nitrogen and oxygen atoms in total. The molecule has 2 aromatic carbocycles. The number of rotatable bonds is 5. The van der Waals surface area contributed by atoms with E-state index in [9.17, 15) is 14.4 Å². The van der Waals surface area contributed by atoms with Gasteiger partial charge in [0.15, 0.2) is 10.9 Å². The first-order chi connectivity index (χ1) is 18.3. The zero-order valence-corrected chi connectivity index (χ0v) is 21.8. The third kappa shape index (κ3) is 4.52. The summed E-state index contributed by atoms with van der Waals surface area (Å²) in [5.74, 6) is -0.168. The Kier molecular flexibility index (Phi) is 6.92. The van der Waals surface area contributed by atoms with Crippen LogP contribution < -0.4 is 15.4 Å². The quantitative estimate of drug-likeness (QED) is 0.386. The summed E-state index contributed by atoms with van der Waals surface area (Å²) in [6.07, 6.45) is 3.27. The first-order valence-electron chi connectivity index (χ1n) is 12.3. The first kappa shape index (κ1) is 25.5. The Hall–Kier alpha value is -4.15. The van der Waals surface area contributed by atoms with Gasteiger partial charge in [-0.2, -0.15) is 5.26 Å². The molecular formula is C30H26ClFN4O2. The van der Waals surface area contributed by atoms with Crippen molar-refractivity contribution in [3.05, 3.63) is 111 Å². The first-order valence-corrected chi connectivity index (χ1v) is 12.7. The summed E-state index contributed by atoms with van der Waals surface area (Å²) in [5, 5.41) is 10.6. The number of nitrogens with zero attached hydrogens (tertiary/aromatic N) is 3. The van der Waals surface area contributed by atoms with E-state index in [4.69, 9.17) is 22.1 Å². The van der Waals surface area contributed by atoms with E-state index >= 15 is 0 Å². The van der Waals surface area contributed by atoms with Crippen molar-refractivity contribution in [3.8, 4) is 11.8 Å². The van der Waals surface area contributed by atoms with Gasteiger partial charge in [-0.3, -0.25) is 9.69 Å². The van der Waals surface area contributed by atoms with Gasteiger partial charge in [-0.15, -0.1) is 0 Å². The molecule has 8 heteroatoms. The lowest BCUT2D eigenvalue weighted by Gasteiger charge is -2.40. The number of anilines is 1. The van der Waals surface area contributed by atoms with Crippen molar-refractivity contribution >= 4 is 23.1 Å². The second-order valence-corrected chi connectivity index (χ2v) is 9.87. The molecule has 1 aliphatic heterocycles. The van der Waals surface area contributed by atoms with Gasteiger partial charge in [0.25, 0.3) is 0 Å². The fourth-order valence-corrected chi connectivity index (χ4v) is 5.50. The number of aromatic nitrogens is 1. The molecule has 1 aliphatic carbocycles. The number of carbonyl (C=O) groups excluding carboxylic acids is 1. The largest absolute Gasteiger partial charge is 0.489 e. The Bertz CT molecular complexity index is 1540. The number of nitrogens with two attached hydrogens (primary N) is 1. The number of nitriles is 1. The van der Waals surface area contributed by atoms with E-state index in [2.05, 4.69) is 11.1 Å². The molecule has 2 heterocycles. The zero-order chi connectivity index (χ0) is 27.0. The molecule has 3 aromatic rings. The number of hydrogen-bond acceptors (Lipinski definition) is 6. The topological polar surface area (TPSA) is 92.2 Å². The lowest BCUT2D eigenvalue weighted by Crippen LogP contribution is -2.39. The number of aryl methyl sites for hydroxylation is 2. The standard InChI is InChI=1S/C30H26ClFN4O2/c1-17-13-18(2)22(14-19(17)16-38-21-10-8-20(32)9-11-21)27-23(15-33)30(34)36(25-6-4-12-35-29(25)31)24-5-3-7-26(37)28(24)27/h4,6,8-14,27H,3,5,7,16,34H2,1-2H3. The summed E-state index contributed by atoms with van der Waals surface area (Å²) in [4.78, 5) is 19.4. The number of ketones is 1. The SMILES string of the molecule is Cc1cc(C)c(C2C(C#N)=C(N)N(c3cccnc3Cl)C3=C2C(=O)CCC3)cc1COc1ccc(F)cc1. The second kappa shape index (κ2) is 10.3. The third-order valence-electron chi connectivity index (χ3n) is 7.14. The minimum Gasteiger partial charge on any atom is -0.489 e. The zero-order valence-electron chi connectivity index (χ0n) is 21.1. The second-order valence-electron chi connectivity index (χ2n) is 9.51. The Morgan fingerprint density at radius 2 is 1.95 bits per heavy atom. The van der Waals surface area contributed by atoms with Crippen LogP contribution in [0.4, 0.5) is 10.1 Å². The molecule has 0 fully saturated rings. The maximum Gasteiger partial charge on any atom is 0.161 e. The monoisotopic (exact) mass is 528 g/mol. The molecule has 0 radical (unpaired) electrons. The molecule has 5 rings (SSSR count). The van der Waals surface area contributed by atoms with Crippen molar-refractivity contribution in [2.45, 2.75) is 45.6 Å². The summed E-state index contributed by atoms with van der Waals surface area (Å²) in [7, 11) is 0. The number of halogens is 2. The molecule has 0 bridgehead atoms. The van der Waals surface area contributed by atoms with E-state index in [1.807, 2.05) is 26.0 Å². The summed E-state index contributed by atoms with van der Waals surface area (Å²) in [5.41, 5.74) is 12.5. The molecule has 1 atom stereocenters. The van der Waals surface area contributed by atoms with E-state index in [1.54, 1.807) is 35.4 Å². The number of ether oxygens (including phenoxy) is 1. The molecule has 0 saturated carbocycles. The van der Waals surface area contributed by atoms with E-state index in [1.165, 1.54) is 12.1 Å². The molecule has 192 valence electrons. The van der Waals surface area contributed by atoms with Gasteiger partial charge in [-0.05, 0) is 85.3 Å². The van der Waals surface area contributed by atoms with Crippen LogP contribution in [-0.2, 0) is 11.4 Å². The van der Waals surface area contributed by atoms with Crippen LogP contribution in [0.5, 0.6) is 5.75 Å². The van der Waals surface area contributed by atoms with Crippen molar-refractivity contribution in [1.82, 2.24) is 4.98 Å². The summed E-state index contributed by atoms with van der Waals surface area (Å²) < 4.78 is 19.2. The Labute approximate surface area is 225 Å². The highest BCUT2D eigenvalue weighted by Gasteiger charge is 2.41. The smallest absolute Gasteiger partial charge is 0.161 e. The highest BCUT2D eigenvalue weighted by atomic mass is 35.5. The molecule has 1 aromatic heterocycles. The van der Waals surface area contributed by atoms with Crippen molar-refractivity contribution in [2.75, 3.05) is 4.90 Å². The number of carbonyl (C=O) groups is 1. The van der Waals surface area contributed by atoms with Crippen LogP contribution in [-0.4, -0.2) is 10.8 Å². The van der Waals surface area contributed by atoms with Gasteiger partial charge in [-0.25, -0.2) is 9.37 Å². The highest BCUT2D eigenvalue weighted by Crippen LogP contribution is 2.48. The molecule has 2 N–H and O–H groups in total. The maximum absolute atomic E-state index is 13.5. The van der Waals surface area contributed by atoms with Gasteiger partial charge in [0, 0.05) is 23.9 Å². The van der Waals surface area contributed by atoms with Crippen molar-refractivity contribution < 1.29 is 13.9 Å². The van der Waals surface area contributed by atoms with Crippen LogP contribution in [0.2, 0.25) is 5.15 Å². The van der Waals surface area contributed by atoms with E-state index in [-0.39, 0.29) is 34.8 Å². The van der Waals surface area contributed by atoms with Crippen LogP contribution in [0.1, 0.15) is 47.4 Å². The summed E-state index contributed by atoms with van der Waals surface area (Å²) in [6, 6.07) is 15.7. The predicted octanol–water partition coefficient (Wildman–Crippen LogP) is 6.37. The summed E-state index contributed by atoms with van der Waals surface area (Å²) in [6.45, 7) is 4.20. The Balaban J connectivity index is 1.63. The van der Waals surface area contributed by atoms with Crippen LogP contribution in [0.3, 0.4) is 0 Å². The maximum atomic E-state index is 13.5. The minimum atomic E-state index is -0.611. The fourth-order valence-electron chi connectivity index (χ4n) is 5.29. The van der Waals surface area contributed by atoms with Gasteiger partial charge in [0.2, 0.25) is 0 Å². The van der Waals surface area contributed by atoms with Crippen molar-refractivity contribution in [2.24, 2.45) is 5.73 Å². The van der Waals surface area contributed by atoms with E-state index in [0.717, 1.165) is 28.0 Å². The molecule has 38 heavy (non-hydrogen) atoms. The number of Topliss-reactive ketones (excluding diaryl/α,β-unsaturated/α-hetero) is 1. The van der Waals surface area contributed by atoms with E-state index < -0.39 is 5.92 Å². The number of benzene rings is 2. The van der Waals surface area contributed by atoms with Gasteiger partial charge >= 0.3 is 0 Å². The molecule has 2 aliphatic rings. The summed E-state index contributed by atoms with van der Waals surface area (Å²) >= 11 is 6.44. The van der Waals surface area contributed by atoms with Crippen LogP contribution >= 0.6 is 11.6 Å². The minimum absolute atomic E-state index is 0.00870. The molecular weight excluding hydrogens is 503 g/mol. The van der Waals surface area contributed by atoms with E-state index in [0.29, 0.717) is 36.3 Å². The van der Waals surface area contributed by atoms with Crippen molar-refractivity contribution in [3.63, 3.8) is 0 Å². The molecule has 1 unspecified atom stereocenters. The predicted molar refractivity (Wildman–Crippen MR) is 144 cm³/mol. The van der Waals surface area contributed by atoms with Gasteiger partial charge < -0.3 is 10.5 Å². The van der Waals surface area contributed by atoms with Crippen LogP contribution in [0.25, 0.3) is 0 Å². The molecule has 0 amide bonds. The normalized spacial score (nSPS) is 17.4. The average Bonchev–Trinajstić information content (AvgIpc) is 2.89. The molecule has 0 saturated heterocycles. The highest BCUT2D eigenvalue weighted by molar-refractivity contribution is 6.32. The average molecular weight is 529 g/mol. The number of allylic oxidation sites excluding steroid dienone is 3. The van der Waals surface area contributed by atoms with Gasteiger partial charge in [-0.1, -0.05) is 23.7 Å². The third-order valence-corrected chi connectivity index (χ3v) is 7.43. The Morgan fingerprint density at radius 3 is 2.66 bits per heavy atom. The number of hydrogen-bond donors (Lipinski definition) is 1. The van der Waals surface area contributed by atoms with Crippen LogP contribution in [0.15, 0.2) is 77.4 Å². The van der Waals surface area contributed by atoms with Crippen LogP contribution in [0, 0.1) is 31.0 Å². The van der Waals surface area contributed by atoms with Gasteiger partial charge in [0.1, 0.15) is 24.0 Å². The lowest BCUT2D eigenvalue weighted by atomic mass is 9.74. The molecule has 0 spiro atoms. The number of pyridine rings is 1. The lowest BCUT2D eigenvalue weighted by molar-refractivity contribution is -0.116. The Morgan fingerprint density at radius 1 is 1.18 bits per heavy atom. The fraction of sp³-hybridized carbons (Fsp3) is 0.233. The van der Waals surface area contributed by atoms with Crippen molar-refractivity contribution in [1.29, 1.82) is 5.26 Å². The van der Waals surface area contributed by atoms with Gasteiger partial charge in [0.05, 0.1) is 23.2 Å².